The lowest BCUT2D eigenvalue weighted by Gasteiger charge is -2.17. The minimum absolute atomic E-state index is 0.686. The number of pyridine rings is 1. The lowest BCUT2D eigenvalue weighted by molar-refractivity contribution is 0.405. The van der Waals surface area contributed by atoms with Gasteiger partial charge < -0.3 is 10.2 Å². The molecule has 1 aromatic rings. The second kappa shape index (κ2) is 6.53. The number of hydrogen-bond donors (Lipinski definition) is 1. The SMILES string of the molecule is CN(C)CCCNc1nc2c(cc1C#N)CCCC2. The molecule has 0 saturated heterocycles. The van der Waals surface area contributed by atoms with E-state index >= 15 is 0 Å². The Bertz CT molecular complexity index is 474. The number of hydrogen-bond acceptors (Lipinski definition) is 4. The van der Waals surface area contributed by atoms with E-state index in [0.29, 0.717) is 5.56 Å². The van der Waals surface area contributed by atoms with Crippen molar-refractivity contribution in [3.63, 3.8) is 0 Å². The van der Waals surface area contributed by atoms with Crippen LogP contribution in [0.1, 0.15) is 36.1 Å². The molecule has 19 heavy (non-hydrogen) atoms. The molecule has 0 aromatic carbocycles. The highest BCUT2D eigenvalue weighted by Gasteiger charge is 2.14. The van der Waals surface area contributed by atoms with Crippen LogP contribution in [0.2, 0.25) is 0 Å². The predicted octanol–water partition coefficient (Wildman–Crippen LogP) is 2.20. The molecule has 4 heteroatoms. The summed E-state index contributed by atoms with van der Waals surface area (Å²) in [6.07, 6.45) is 5.60. The topological polar surface area (TPSA) is 52.0 Å². The summed E-state index contributed by atoms with van der Waals surface area (Å²) in [6.45, 7) is 1.90. The van der Waals surface area contributed by atoms with E-state index < -0.39 is 0 Å². The third kappa shape index (κ3) is 3.68. The molecule has 0 saturated carbocycles. The van der Waals surface area contributed by atoms with E-state index in [0.717, 1.165) is 38.2 Å². The Hall–Kier alpha value is -1.60. The van der Waals surface area contributed by atoms with Gasteiger partial charge in [0.05, 0.1) is 5.56 Å². The maximum Gasteiger partial charge on any atom is 0.144 e. The molecular formula is C15H22N4. The molecule has 0 radical (unpaired) electrons. The Balaban J connectivity index is 2.04. The van der Waals surface area contributed by atoms with Gasteiger partial charge in [0.1, 0.15) is 11.9 Å². The van der Waals surface area contributed by atoms with Gasteiger partial charge in [-0.15, -0.1) is 0 Å². The van der Waals surface area contributed by atoms with Crippen LogP contribution in [0.4, 0.5) is 5.82 Å². The Morgan fingerprint density at radius 2 is 2.16 bits per heavy atom. The number of nitriles is 1. The Morgan fingerprint density at radius 3 is 2.89 bits per heavy atom. The van der Waals surface area contributed by atoms with Crippen LogP contribution in [-0.2, 0) is 12.8 Å². The summed E-state index contributed by atoms with van der Waals surface area (Å²) in [5.74, 6) is 0.766. The zero-order valence-corrected chi connectivity index (χ0v) is 11.9. The summed E-state index contributed by atoms with van der Waals surface area (Å²) in [6, 6.07) is 4.28. The van der Waals surface area contributed by atoms with Gasteiger partial charge in [-0.25, -0.2) is 4.98 Å². The van der Waals surface area contributed by atoms with Crippen LogP contribution >= 0.6 is 0 Å². The number of aromatic nitrogens is 1. The van der Waals surface area contributed by atoms with Crippen LogP contribution < -0.4 is 5.32 Å². The molecule has 0 fully saturated rings. The largest absolute Gasteiger partial charge is 0.369 e. The van der Waals surface area contributed by atoms with E-state index in [1.807, 2.05) is 6.07 Å². The van der Waals surface area contributed by atoms with Crippen LogP contribution in [0, 0.1) is 11.3 Å². The molecule has 1 heterocycles. The van der Waals surface area contributed by atoms with Gasteiger partial charge in [-0.1, -0.05) is 0 Å². The van der Waals surface area contributed by atoms with Crippen molar-refractivity contribution >= 4 is 5.82 Å². The summed E-state index contributed by atoms with van der Waals surface area (Å²) in [7, 11) is 4.13. The highest BCUT2D eigenvalue weighted by molar-refractivity contribution is 5.54. The Kier molecular flexibility index (Phi) is 4.75. The van der Waals surface area contributed by atoms with E-state index in [2.05, 4.69) is 35.4 Å². The van der Waals surface area contributed by atoms with Crippen LogP contribution in [0.3, 0.4) is 0 Å². The average molecular weight is 258 g/mol. The van der Waals surface area contributed by atoms with Gasteiger partial charge in [0.15, 0.2) is 0 Å². The number of nitrogens with zero attached hydrogens (tertiary/aromatic N) is 3. The van der Waals surface area contributed by atoms with Crippen molar-refractivity contribution in [3.05, 3.63) is 22.9 Å². The summed E-state index contributed by atoms with van der Waals surface area (Å²) < 4.78 is 0. The van der Waals surface area contributed by atoms with Crippen molar-refractivity contribution in [1.82, 2.24) is 9.88 Å². The van der Waals surface area contributed by atoms with Crippen molar-refractivity contribution < 1.29 is 0 Å². The first-order valence-electron chi connectivity index (χ1n) is 7.02. The van der Waals surface area contributed by atoms with Gasteiger partial charge >= 0.3 is 0 Å². The minimum atomic E-state index is 0.686. The van der Waals surface area contributed by atoms with Gasteiger partial charge in [-0.2, -0.15) is 5.26 Å². The second-order valence-corrected chi connectivity index (χ2v) is 5.39. The summed E-state index contributed by atoms with van der Waals surface area (Å²) >= 11 is 0. The summed E-state index contributed by atoms with van der Waals surface area (Å²) in [5.41, 5.74) is 3.13. The van der Waals surface area contributed by atoms with E-state index in [1.165, 1.54) is 24.1 Å². The maximum atomic E-state index is 9.23. The fraction of sp³-hybridized carbons (Fsp3) is 0.600. The maximum absolute atomic E-state index is 9.23. The molecule has 1 aromatic heterocycles. The van der Waals surface area contributed by atoms with Gasteiger partial charge in [0.2, 0.25) is 0 Å². The van der Waals surface area contributed by atoms with Gasteiger partial charge in [0.25, 0.3) is 0 Å². The number of anilines is 1. The van der Waals surface area contributed by atoms with Crippen LogP contribution in [0.15, 0.2) is 6.07 Å². The summed E-state index contributed by atoms with van der Waals surface area (Å²) in [5, 5.41) is 12.5. The average Bonchev–Trinajstić information content (AvgIpc) is 2.42. The van der Waals surface area contributed by atoms with E-state index in [9.17, 15) is 5.26 Å². The fourth-order valence-corrected chi connectivity index (χ4v) is 2.46. The van der Waals surface area contributed by atoms with Gasteiger partial charge in [-0.3, -0.25) is 0 Å². The first-order valence-corrected chi connectivity index (χ1v) is 7.02. The molecule has 0 bridgehead atoms. The zero-order chi connectivity index (χ0) is 13.7. The third-order valence-electron chi connectivity index (χ3n) is 3.50. The normalized spacial score (nSPS) is 14.0. The van der Waals surface area contributed by atoms with Crippen molar-refractivity contribution in [2.75, 3.05) is 32.5 Å². The third-order valence-corrected chi connectivity index (χ3v) is 3.50. The number of rotatable bonds is 5. The monoisotopic (exact) mass is 258 g/mol. The lowest BCUT2D eigenvalue weighted by atomic mass is 9.95. The van der Waals surface area contributed by atoms with Crippen molar-refractivity contribution in [2.24, 2.45) is 0 Å². The molecule has 0 aliphatic heterocycles. The zero-order valence-electron chi connectivity index (χ0n) is 11.9. The lowest BCUT2D eigenvalue weighted by Crippen LogP contribution is -2.17. The van der Waals surface area contributed by atoms with Crippen LogP contribution in [0.25, 0.3) is 0 Å². The van der Waals surface area contributed by atoms with Crippen molar-refractivity contribution in [2.45, 2.75) is 32.1 Å². The molecule has 0 atom stereocenters. The van der Waals surface area contributed by atoms with Crippen molar-refractivity contribution in [3.8, 4) is 6.07 Å². The van der Waals surface area contributed by atoms with Crippen LogP contribution in [0.5, 0.6) is 0 Å². The quantitative estimate of drug-likeness (QED) is 0.823. The number of fused-ring (bicyclic) bond motifs is 1. The molecule has 0 unspecified atom stereocenters. The fourth-order valence-electron chi connectivity index (χ4n) is 2.46. The summed E-state index contributed by atoms with van der Waals surface area (Å²) in [4.78, 5) is 6.81. The van der Waals surface area contributed by atoms with E-state index in [1.54, 1.807) is 0 Å². The first kappa shape index (κ1) is 13.8. The highest BCUT2D eigenvalue weighted by atomic mass is 15.1. The molecular weight excluding hydrogens is 236 g/mol. The molecule has 4 nitrogen and oxygen atoms in total. The predicted molar refractivity (Wildman–Crippen MR) is 77.3 cm³/mol. The molecule has 1 N–H and O–H groups in total. The number of nitrogens with one attached hydrogen (secondary N) is 1. The Morgan fingerprint density at radius 1 is 1.37 bits per heavy atom. The van der Waals surface area contributed by atoms with E-state index in [4.69, 9.17) is 0 Å². The molecule has 0 amide bonds. The molecule has 2 rings (SSSR count). The van der Waals surface area contributed by atoms with Crippen LogP contribution in [-0.4, -0.2) is 37.1 Å². The molecule has 1 aliphatic carbocycles. The van der Waals surface area contributed by atoms with Gasteiger partial charge in [0, 0.05) is 12.2 Å². The Labute approximate surface area is 115 Å². The van der Waals surface area contributed by atoms with Gasteiger partial charge in [-0.05, 0) is 64.4 Å². The van der Waals surface area contributed by atoms with Crippen molar-refractivity contribution in [1.29, 1.82) is 5.26 Å². The first-order chi connectivity index (χ1) is 9.20. The van der Waals surface area contributed by atoms with E-state index in [-0.39, 0.29) is 0 Å². The molecule has 102 valence electrons. The second-order valence-electron chi connectivity index (χ2n) is 5.39. The minimum Gasteiger partial charge on any atom is -0.369 e. The smallest absolute Gasteiger partial charge is 0.144 e. The molecule has 1 aliphatic rings. The number of aryl methyl sites for hydroxylation is 2. The standard InChI is InChI=1S/C15H22N4/c1-19(2)9-5-8-17-15-13(11-16)10-12-6-3-4-7-14(12)18-15/h10H,3-9H2,1-2H3,(H,17,18). The molecule has 0 spiro atoms. The highest BCUT2D eigenvalue weighted by Crippen LogP contribution is 2.24.